The van der Waals surface area contributed by atoms with Crippen LogP contribution >= 0.6 is 23.4 Å². The monoisotopic (exact) mass is 287 g/mol. The Morgan fingerprint density at radius 1 is 1.39 bits per heavy atom. The highest BCUT2D eigenvalue weighted by molar-refractivity contribution is 7.98. The molecule has 1 rings (SSSR count). The fraction of sp³-hybridized carbons (Fsp3) is 0.462. The van der Waals surface area contributed by atoms with Gasteiger partial charge in [0.25, 0.3) is 5.91 Å². The number of carbonyl (C=O) groups is 1. The van der Waals surface area contributed by atoms with Crippen LogP contribution < -0.4 is 5.32 Å². The predicted octanol–water partition coefficient (Wildman–Crippen LogP) is 3.31. The fourth-order valence-electron chi connectivity index (χ4n) is 1.50. The van der Waals surface area contributed by atoms with E-state index >= 15 is 0 Å². The van der Waals surface area contributed by atoms with Crippen molar-refractivity contribution in [2.45, 2.75) is 19.3 Å². The molecule has 100 valence electrons. The molecule has 0 aliphatic heterocycles. The lowest BCUT2D eigenvalue weighted by atomic mass is 10.2. The van der Waals surface area contributed by atoms with Gasteiger partial charge in [0, 0.05) is 12.1 Å². The first-order chi connectivity index (χ1) is 8.65. The molecule has 0 aliphatic rings. The number of phenolic OH excluding ortho intramolecular Hbond substituents is 1. The Labute approximate surface area is 117 Å². The molecule has 0 radical (unpaired) electrons. The van der Waals surface area contributed by atoms with Gasteiger partial charge in [-0.1, -0.05) is 18.0 Å². The molecule has 0 fully saturated rings. The topological polar surface area (TPSA) is 49.3 Å². The molecule has 18 heavy (non-hydrogen) atoms. The summed E-state index contributed by atoms with van der Waals surface area (Å²) in [5.74, 6) is 1.01. The minimum atomic E-state index is -0.151. The standard InChI is InChI=1S/C13H18ClNO2S/c1-18-8-4-2-3-7-15-13(17)10-5-6-12(16)11(14)9-10/h5-6,9,16H,2-4,7-8H2,1H3,(H,15,17). The number of aromatic hydroxyl groups is 1. The van der Waals surface area contributed by atoms with E-state index in [1.165, 1.54) is 24.3 Å². The summed E-state index contributed by atoms with van der Waals surface area (Å²) in [4.78, 5) is 11.7. The van der Waals surface area contributed by atoms with Crippen molar-refractivity contribution < 1.29 is 9.90 Å². The van der Waals surface area contributed by atoms with Crippen molar-refractivity contribution in [2.75, 3.05) is 18.6 Å². The minimum absolute atomic E-state index is 0.00900. The second-order valence-corrected chi connectivity index (χ2v) is 5.37. The predicted molar refractivity (Wildman–Crippen MR) is 77.7 cm³/mol. The average molecular weight is 288 g/mol. The van der Waals surface area contributed by atoms with Crippen molar-refractivity contribution in [2.24, 2.45) is 0 Å². The molecule has 1 aromatic rings. The molecule has 0 aliphatic carbocycles. The zero-order valence-corrected chi connectivity index (χ0v) is 12.0. The third kappa shape index (κ3) is 5.19. The Morgan fingerprint density at radius 3 is 2.83 bits per heavy atom. The van der Waals surface area contributed by atoms with E-state index in [-0.39, 0.29) is 16.7 Å². The molecule has 5 heteroatoms. The molecule has 0 saturated heterocycles. The van der Waals surface area contributed by atoms with Crippen LogP contribution in [0.3, 0.4) is 0 Å². The number of benzene rings is 1. The largest absolute Gasteiger partial charge is 0.506 e. The maximum Gasteiger partial charge on any atom is 0.251 e. The second-order valence-electron chi connectivity index (χ2n) is 3.98. The van der Waals surface area contributed by atoms with Crippen LogP contribution in [0.5, 0.6) is 5.75 Å². The van der Waals surface area contributed by atoms with Crippen LogP contribution in [0.15, 0.2) is 18.2 Å². The molecule has 2 N–H and O–H groups in total. The highest BCUT2D eigenvalue weighted by Gasteiger charge is 2.07. The van der Waals surface area contributed by atoms with Gasteiger partial charge in [-0.05, 0) is 43.0 Å². The summed E-state index contributed by atoms with van der Waals surface area (Å²) in [6.07, 6.45) is 5.38. The van der Waals surface area contributed by atoms with Gasteiger partial charge in [-0.3, -0.25) is 4.79 Å². The van der Waals surface area contributed by atoms with Gasteiger partial charge in [-0.15, -0.1) is 0 Å². The van der Waals surface area contributed by atoms with E-state index in [2.05, 4.69) is 11.6 Å². The van der Waals surface area contributed by atoms with Crippen LogP contribution in [0, 0.1) is 0 Å². The summed E-state index contributed by atoms with van der Waals surface area (Å²) < 4.78 is 0. The lowest BCUT2D eigenvalue weighted by Gasteiger charge is -2.06. The van der Waals surface area contributed by atoms with E-state index in [1.54, 1.807) is 6.07 Å². The van der Waals surface area contributed by atoms with Gasteiger partial charge in [0.1, 0.15) is 5.75 Å². The van der Waals surface area contributed by atoms with Gasteiger partial charge in [0.05, 0.1) is 5.02 Å². The Balaban J connectivity index is 2.30. The number of carbonyl (C=O) groups excluding carboxylic acids is 1. The number of unbranched alkanes of at least 4 members (excludes halogenated alkanes) is 2. The van der Waals surface area contributed by atoms with Gasteiger partial charge in [0.2, 0.25) is 0 Å². The molecule has 0 heterocycles. The number of halogens is 1. The van der Waals surface area contributed by atoms with Crippen molar-refractivity contribution in [1.82, 2.24) is 5.32 Å². The summed E-state index contributed by atoms with van der Waals surface area (Å²) in [7, 11) is 0. The van der Waals surface area contributed by atoms with E-state index < -0.39 is 0 Å². The number of amides is 1. The molecular formula is C13H18ClNO2S. The molecule has 0 saturated carbocycles. The number of hydrogen-bond acceptors (Lipinski definition) is 3. The zero-order valence-electron chi connectivity index (χ0n) is 10.4. The minimum Gasteiger partial charge on any atom is -0.506 e. The number of phenols is 1. The molecule has 3 nitrogen and oxygen atoms in total. The highest BCUT2D eigenvalue weighted by Crippen LogP contribution is 2.23. The summed E-state index contributed by atoms with van der Waals surface area (Å²) in [6.45, 7) is 0.672. The Hall–Kier alpha value is -0.870. The van der Waals surface area contributed by atoms with E-state index in [9.17, 15) is 9.90 Å². The Kier molecular flexibility index (Phi) is 6.98. The van der Waals surface area contributed by atoms with Gasteiger partial charge in [-0.2, -0.15) is 11.8 Å². The molecule has 0 aromatic heterocycles. The molecule has 0 atom stereocenters. The van der Waals surface area contributed by atoms with Gasteiger partial charge < -0.3 is 10.4 Å². The summed E-state index contributed by atoms with van der Waals surface area (Å²) in [5, 5.41) is 12.3. The highest BCUT2D eigenvalue weighted by atomic mass is 35.5. The lowest BCUT2D eigenvalue weighted by Crippen LogP contribution is -2.24. The van der Waals surface area contributed by atoms with E-state index in [0.717, 1.165) is 12.8 Å². The Bertz CT molecular complexity index is 399. The smallest absolute Gasteiger partial charge is 0.251 e. The summed E-state index contributed by atoms with van der Waals surface area (Å²) in [5.41, 5.74) is 0.474. The van der Waals surface area contributed by atoms with Crippen molar-refractivity contribution in [3.63, 3.8) is 0 Å². The first-order valence-electron chi connectivity index (χ1n) is 5.91. The average Bonchev–Trinajstić information content (AvgIpc) is 2.36. The van der Waals surface area contributed by atoms with E-state index in [1.807, 2.05) is 11.8 Å². The number of nitrogens with one attached hydrogen (secondary N) is 1. The third-order valence-electron chi connectivity index (χ3n) is 2.52. The van der Waals surface area contributed by atoms with Crippen LogP contribution in [-0.2, 0) is 0 Å². The maximum atomic E-state index is 11.7. The van der Waals surface area contributed by atoms with Crippen molar-refractivity contribution in [3.05, 3.63) is 28.8 Å². The van der Waals surface area contributed by atoms with Crippen LogP contribution in [0.2, 0.25) is 5.02 Å². The van der Waals surface area contributed by atoms with Gasteiger partial charge >= 0.3 is 0 Å². The fourth-order valence-corrected chi connectivity index (χ4v) is 2.17. The molecule has 1 amide bonds. The quantitative estimate of drug-likeness (QED) is 0.757. The summed E-state index contributed by atoms with van der Waals surface area (Å²) >= 11 is 7.58. The van der Waals surface area contributed by atoms with Crippen LogP contribution in [0.4, 0.5) is 0 Å². The SMILES string of the molecule is CSCCCCCNC(=O)c1ccc(O)c(Cl)c1. The van der Waals surface area contributed by atoms with Gasteiger partial charge in [-0.25, -0.2) is 0 Å². The van der Waals surface area contributed by atoms with Crippen molar-refractivity contribution >= 4 is 29.3 Å². The second kappa shape index (κ2) is 8.27. The zero-order chi connectivity index (χ0) is 13.4. The molecule has 0 unspecified atom stereocenters. The van der Waals surface area contributed by atoms with Crippen molar-refractivity contribution in [1.29, 1.82) is 0 Å². The van der Waals surface area contributed by atoms with Crippen LogP contribution in [0.1, 0.15) is 29.6 Å². The van der Waals surface area contributed by atoms with Crippen LogP contribution in [0.25, 0.3) is 0 Å². The normalized spacial score (nSPS) is 10.3. The first-order valence-corrected chi connectivity index (χ1v) is 7.68. The lowest BCUT2D eigenvalue weighted by molar-refractivity contribution is 0.0953. The molecule has 1 aromatic carbocycles. The first kappa shape index (κ1) is 15.2. The molecule has 0 bridgehead atoms. The number of rotatable bonds is 7. The molecular weight excluding hydrogens is 270 g/mol. The van der Waals surface area contributed by atoms with Crippen LogP contribution in [-0.4, -0.2) is 29.6 Å². The molecule has 0 spiro atoms. The Morgan fingerprint density at radius 2 is 2.17 bits per heavy atom. The van der Waals surface area contributed by atoms with Crippen molar-refractivity contribution in [3.8, 4) is 5.75 Å². The number of thioether (sulfide) groups is 1. The number of hydrogen-bond donors (Lipinski definition) is 2. The third-order valence-corrected chi connectivity index (χ3v) is 3.52. The van der Waals surface area contributed by atoms with E-state index in [4.69, 9.17) is 11.6 Å². The maximum absolute atomic E-state index is 11.7. The summed E-state index contributed by atoms with van der Waals surface area (Å²) in [6, 6.07) is 4.46. The van der Waals surface area contributed by atoms with E-state index in [0.29, 0.717) is 12.1 Å². The van der Waals surface area contributed by atoms with Gasteiger partial charge in [0.15, 0.2) is 0 Å².